The highest BCUT2D eigenvalue weighted by Gasteiger charge is 2.03. The third-order valence-corrected chi connectivity index (χ3v) is 2.91. The molecule has 0 saturated heterocycles. The molecule has 1 aromatic rings. The molecule has 1 heterocycles. The van der Waals surface area contributed by atoms with Crippen LogP contribution < -0.4 is 0 Å². The van der Waals surface area contributed by atoms with Crippen LogP contribution in [0.3, 0.4) is 0 Å². The predicted molar refractivity (Wildman–Crippen MR) is 70.4 cm³/mol. The number of pyridine rings is 1. The Labute approximate surface area is 103 Å². The van der Waals surface area contributed by atoms with Crippen LogP contribution in [0.1, 0.15) is 35.0 Å². The number of carboxylic acid groups (broad SMARTS) is 1. The number of hydrogen-bond acceptors (Lipinski definition) is 2. The first-order chi connectivity index (χ1) is 7.68. The minimum atomic E-state index is -0.935. The standard InChI is InChI=1S/C10H15N.C4H6O2/c1-6-7(2)9(4)11-10(5)8(6)3;1-3(2)4(5)6/h1-5H3;1H2,2H3,(H,5,6). The van der Waals surface area contributed by atoms with Crippen molar-refractivity contribution in [3.8, 4) is 0 Å². The lowest BCUT2D eigenvalue weighted by Gasteiger charge is -2.09. The highest BCUT2D eigenvalue weighted by molar-refractivity contribution is 5.84. The van der Waals surface area contributed by atoms with Crippen LogP contribution >= 0.6 is 0 Å². The molecule has 0 radical (unpaired) electrons. The zero-order valence-electron chi connectivity index (χ0n) is 11.5. The minimum Gasteiger partial charge on any atom is -0.478 e. The fourth-order valence-corrected chi connectivity index (χ4v) is 1.24. The summed E-state index contributed by atoms with van der Waals surface area (Å²) in [6, 6.07) is 0. The highest BCUT2D eigenvalue weighted by atomic mass is 16.4. The van der Waals surface area contributed by atoms with E-state index in [0.717, 1.165) is 11.4 Å². The van der Waals surface area contributed by atoms with Gasteiger partial charge in [0.15, 0.2) is 0 Å². The van der Waals surface area contributed by atoms with Gasteiger partial charge in [-0.3, -0.25) is 4.98 Å². The lowest BCUT2D eigenvalue weighted by atomic mass is 10.0. The van der Waals surface area contributed by atoms with E-state index >= 15 is 0 Å². The Balaban J connectivity index is 0.000000366. The van der Waals surface area contributed by atoms with Crippen molar-refractivity contribution in [2.75, 3.05) is 0 Å². The van der Waals surface area contributed by atoms with E-state index in [1.165, 1.54) is 23.6 Å². The molecule has 0 aliphatic heterocycles. The number of carbonyl (C=O) groups is 1. The van der Waals surface area contributed by atoms with Crippen molar-refractivity contribution >= 4 is 5.97 Å². The molecule has 17 heavy (non-hydrogen) atoms. The van der Waals surface area contributed by atoms with Gasteiger partial charge in [-0.1, -0.05) is 6.58 Å². The molecule has 0 aliphatic carbocycles. The number of nitrogens with zero attached hydrogens (tertiary/aromatic N) is 1. The first-order valence-electron chi connectivity index (χ1n) is 5.48. The van der Waals surface area contributed by atoms with Crippen molar-refractivity contribution in [1.82, 2.24) is 4.98 Å². The van der Waals surface area contributed by atoms with E-state index in [1.54, 1.807) is 0 Å². The fourth-order valence-electron chi connectivity index (χ4n) is 1.24. The monoisotopic (exact) mass is 235 g/mol. The number of aryl methyl sites for hydroxylation is 2. The van der Waals surface area contributed by atoms with Crippen molar-refractivity contribution in [3.05, 3.63) is 40.2 Å². The summed E-state index contributed by atoms with van der Waals surface area (Å²) in [6.45, 7) is 15.1. The summed E-state index contributed by atoms with van der Waals surface area (Å²) in [6.07, 6.45) is 0. The molecular formula is C14H21NO2. The summed E-state index contributed by atoms with van der Waals surface area (Å²) in [5.41, 5.74) is 6.53. The second-order valence-corrected chi connectivity index (χ2v) is 4.24. The van der Waals surface area contributed by atoms with E-state index in [9.17, 15) is 4.79 Å². The first-order valence-corrected chi connectivity index (χ1v) is 5.48. The van der Waals surface area contributed by atoms with Crippen molar-refractivity contribution in [2.24, 2.45) is 0 Å². The quantitative estimate of drug-likeness (QED) is 0.760. The summed E-state index contributed by atoms with van der Waals surface area (Å²) in [7, 11) is 0. The zero-order chi connectivity index (χ0) is 13.7. The average molecular weight is 235 g/mol. The number of aromatic nitrogens is 1. The SMILES string of the molecule is C=C(C)C(=O)O.Cc1nc(C)c(C)c(C)c1C. The van der Waals surface area contributed by atoms with Crippen LogP contribution in [0.2, 0.25) is 0 Å². The van der Waals surface area contributed by atoms with E-state index in [-0.39, 0.29) is 5.57 Å². The molecule has 0 saturated carbocycles. The maximum absolute atomic E-state index is 9.60. The van der Waals surface area contributed by atoms with Crippen molar-refractivity contribution in [1.29, 1.82) is 0 Å². The van der Waals surface area contributed by atoms with Gasteiger partial charge in [-0.15, -0.1) is 0 Å². The number of aliphatic carboxylic acids is 1. The van der Waals surface area contributed by atoms with Crippen LogP contribution in [-0.2, 0) is 4.79 Å². The number of carboxylic acids is 1. The third-order valence-electron chi connectivity index (χ3n) is 2.91. The van der Waals surface area contributed by atoms with Crippen molar-refractivity contribution in [3.63, 3.8) is 0 Å². The Hall–Kier alpha value is -1.64. The van der Waals surface area contributed by atoms with Crippen molar-refractivity contribution < 1.29 is 9.90 Å². The smallest absolute Gasteiger partial charge is 0.330 e. The molecule has 0 unspecified atom stereocenters. The first kappa shape index (κ1) is 15.4. The van der Waals surface area contributed by atoms with Gasteiger partial charge in [0, 0.05) is 17.0 Å². The molecule has 3 nitrogen and oxygen atoms in total. The Kier molecular flexibility index (Phi) is 5.59. The Morgan fingerprint density at radius 1 is 1.00 bits per heavy atom. The molecule has 1 aromatic heterocycles. The summed E-state index contributed by atoms with van der Waals surface area (Å²) in [5, 5.41) is 7.89. The van der Waals surface area contributed by atoms with Crippen LogP contribution in [0.5, 0.6) is 0 Å². The normalized spacial score (nSPS) is 9.29. The highest BCUT2D eigenvalue weighted by Crippen LogP contribution is 2.16. The summed E-state index contributed by atoms with van der Waals surface area (Å²) in [5.74, 6) is -0.935. The lowest BCUT2D eigenvalue weighted by Crippen LogP contribution is -1.98. The van der Waals surface area contributed by atoms with Crippen LogP contribution in [0.25, 0.3) is 0 Å². The van der Waals surface area contributed by atoms with E-state index < -0.39 is 5.97 Å². The van der Waals surface area contributed by atoms with Gasteiger partial charge >= 0.3 is 5.97 Å². The maximum Gasteiger partial charge on any atom is 0.330 e. The van der Waals surface area contributed by atoms with Crippen LogP contribution in [0, 0.1) is 34.6 Å². The molecular weight excluding hydrogens is 214 g/mol. The number of hydrogen-bond donors (Lipinski definition) is 1. The molecule has 0 atom stereocenters. The lowest BCUT2D eigenvalue weighted by molar-refractivity contribution is -0.132. The molecule has 1 rings (SSSR count). The predicted octanol–water partition coefficient (Wildman–Crippen LogP) is 3.27. The van der Waals surface area contributed by atoms with E-state index in [1.807, 2.05) is 0 Å². The molecule has 0 amide bonds. The largest absolute Gasteiger partial charge is 0.478 e. The molecule has 0 aliphatic rings. The van der Waals surface area contributed by atoms with Gasteiger partial charge < -0.3 is 5.11 Å². The Morgan fingerprint density at radius 2 is 1.29 bits per heavy atom. The zero-order valence-corrected chi connectivity index (χ0v) is 11.5. The van der Waals surface area contributed by atoms with Gasteiger partial charge in [-0.2, -0.15) is 0 Å². The summed E-state index contributed by atoms with van der Waals surface area (Å²) in [4.78, 5) is 14.0. The summed E-state index contributed by atoms with van der Waals surface area (Å²) >= 11 is 0. The van der Waals surface area contributed by atoms with Gasteiger partial charge in [-0.05, 0) is 58.2 Å². The topological polar surface area (TPSA) is 50.2 Å². The van der Waals surface area contributed by atoms with Gasteiger partial charge in [0.05, 0.1) is 0 Å². The molecule has 1 N–H and O–H groups in total. The number of rotatable bonds is 1. The van der Waals surface area contributed by atoms with Gasteiger partial charge in [0.1, 0.15) is 0 Å². The fraction of sp³-hybridized carbons (Fsp3) is 0.429. The Morgan fingerprint density at radius 3 is 1.53 bits per heavy atom. The van der Waals surface area contributed by atoms with E-state index in [0.29, 0.717) is 0 Å². The molecule has 0 bridgehead atoms. The molecule has 0 aromatic carbocycles. The molecule has 3 heteroatoms. The molecule has 0 fully saturated rings. The van der Waals surface area contributed by atoms with Crippen molar-refractivity contribution in [2.45, 2.75) is 41.5 Å². The maximum atomic E-state index is 9.60. The van der Waals surface area contributed by atoms with Gasteiger partial charge in [0.25, 0.3) is 0 Å². The second kappa shape index (κ2) is 6.18. The van der Waals surface area contributed by atoms with Crippen LogP contribution in [0.15, 0.2) is 12.2 Å². The third kappa shape index (κ3) is 4.39. The summed E-state index contributed by atoms with van der Waals surface area (Å²) < 4.78 is 0. The molecule has 0 spiro atoms. The molecule has 94 valence electrons. The minimum absolute atomic E-state index is 0.176. The van der Waals surface area contributed by atoms with Crippen LogP contribution in [-0.4, -0.2) is 16.1 Å². The van der Waals surface area contributed by atoms with E-state index in [4.69, 9.17) is 5.11 Å². The van der Waals surface area contributed by atoms with Gasteiger partial charge in [-0.25, -0.2) is 4.79 Å². The van der Waals surface area contributed by atoms with Crippen LogP contribution in [0.4, 0.5) is 0 Å². The average Bonchev–Trinajstić information content (AvgIpc) is 2.24. The Bertz CT molecular complexity index is 410. The van der Waals surface area contributed by atoms with E-state index in [2.05, 4.69) is 46.2 Å². The second-order valence-electron chi connectivity index (χ2n) is 4.24. The van der Waals surface area contributed by atoms with Gasteiger partial charge in [0.2, 0.25) is 0 Å².